The van der Waals surface area contributed by atoms with Gasteiger partial charge in [-0.1, -0.05) is 6.07 Å². The Morgan fingerprint density at radius 3 is 2.76 bits per heavy atom. The maximum Gasteiger partial charge on any atom is 0.317 e. The molecule has 2 fully saturated rings. The van der Waals surface area contributed by atoms with Gasteiger partial charge in [0.2, 0.25) is 5.91 Å². The molecule has 0 aliphatic carbocycles. The number of hydrogen-bond donors (Lipinski definition) is 2. The highest BCUT2D eigenvalue weighted by atomic mass is 16.5. The molecule has 3 amide bonds. The highest BCUT2D eigenvalue weighted by molar-refractivity contribution is 5.91. The first-order valence-corrected chi connectivity index (χ1v) is 9.01. The van der Waals surface area contributed by atoms with Crippen LogP contribution in [0.3, 0.4) is 0 Å². The van der Waals surface area contributed by atoms with Crippen molar-refractivity contribution in [2.75, 3.05) is 31.6 Å². The molecule has 2 saturated heterocycles. The molecule has 2 aliphatic heterocycles. The second-order valence-corrected chi connectivity index (χ2v) is 6.74. The van der Waals surface area contributed by atoms with Gasteiger partial charge < -0.3 is 20.3 Å². The molecule has 3 rings (SSSR count). The van der Waals surface area contributed by atoms with Gasteiger partial charge in [0, 0.05) is 37.9 Å². The molecule has 25 heavy (non-hydrogen) atoms. The lowest BCUT2D eigenvalue weighted by molar-refractivity contribution is -0.121. The minimum absolute atomic E-state index is 0.0162. The molecule has 3 heterocycles. The second kappa shape index (κ2) is 8.29. The number of nitrogens with one attached hydrogen (secondary N) is 2. The summed E-state index contributed by atoms with van der Waals surface area (Å²) in [6.07, 6.45) is 3.57. The zero-order chi connectivity index (χ0) is 17.6. The molecule has 0 saturated carbocycles. The molecule has 7 heteroatoms. The average Bonchev–Trinajstić information content (AvgIpc) is 3.13. The van der Waals surface area contributed by atoms with Crippen LogP contribution in [-0.4, -0.2) is 54.2 Å². The van der Waals surface area contributed by atoms with Gasteiger partial charge in [0.05, 0.1) is 6.10 Å². The number of piperidine rings is 1. The van der Waals surface area contributed by atoms with Gasteiger partial charge in [0.25, 0.3) is 0 Å². The monoisotopic (exact) mass is 346 g/mol. The van der Waals surface area contributed by atoms with Crippen molar-refractivity contribution in [3.05, 3.63) is 23.9 Å². The molecule has 0 spiro atoms. The molecule has 2 N–H and O–H groups in total. The molecular weight excluding hydrogens is 320 g/mol. The number of urea groups is 1. The molecule has 0 radical (unpaired) electrons. The Morgan fingerprint density at radius 2 is 2.08 bits per heavy atom. The summed E-state index contributed by atoms with van der Waals surface area (Å²) < 4.78 is 5.51. The predicted molar refractivity (Wildman–Crippen MR) is 94.3 cm³/mol. The first kappa shape index (κ1) is 17.7. The smallest absolute Gasteiger partial charge is 0.317 e. The van der Waals surface area contributed by atoms with Gasteiger partial charge in [-0.2, -0.15) is 0 Å². The summed E-state index contributed by atoms with van der Waals surface area (Å²) in [4.78, 5) is 30.7. The van der Waals surface area contributed by atoms with E-state index in [1.807, 2.05) is 19.1 Å². The van der Waals surface area contributed by atoms with Crippen LogP contribution in [0.4, 0.5) is 10.6 Å². The van der Waals surface area contributed by atoms with Crippen LogP contribution in [-0.2, 0) is 9.53 Å². The molecule has 136 valence electrons. The van der Waals surface area contributed by atoms with Crippen LogP contribution in [0.2, 0.25) is 0 Å². The molecule has 7 nitrogen and oxygen atoms in total. The number of amides is 3. The predicted octanol–water partition coefficient (Wildman–Crippen LogP) is 1.93. The van der Waals surface area contributed by atoms with Crippen molar-refractivity contribution in [3.8, 4) is 0 Å². The topological polar surface area (TPSA) is 83.6 Å². The van der Waals surface area contributed by atoms with Crippen molar-refractivity contribution in [2.45, 2.75) is 38.7 Å². The Morgan fingerprint density at radius 1 is 1.28 bits per heavy atom. The SMILES string of the molecule is Cc1cccc(NC(=O)C2CCN(C(=O)NC[C@H]3CCCO3)CC2)n1. The third-order valence-electron chi connectivity index (χ3n) is 4.80. The van der Waals surface area contributed by atoms with Crippen LogP contribution < -0.4 is 10.6 Å². The molecule has 1 aromatic rings. The number of anilines is 1. The van der Waals surface area contributed by atoms with Crippen LogP contribution >= 0.6 is 0 Å². The van der Waals surface area contributed by atoms with Crippen molar-refractivity contribution < 1.29 is 14.3 Å². The van der Waals surface area contributed by atoms with E-state index in [0.29, 0.717) is 38.3 Å². The van der Waals surface area contributed by atoms with E-state index in [-0.39, 0.29) is 24.0 Å². The summed E-state index contributed by atoms with van der Waals surface area (Å²) in [6, 6.07) is 5.50. The van der Waals surface area contributed by atoms with Crippen molar-refractivity contribution in [3.63, 3.8) is 0 Å². The van der Waals surface area contributed by atoms with Crippen LogP contribution in [0.25, 0.3) is 0 Å². The number of rotatable bonds is 4. The molecule has 0 unspecified atom stereocenters. The number of ether oxygens (including phenoxy) is 1. The van der Waals surface area contributed by atoms with E-state index in [2.05, 4.69) is 15.6 Å². The lowest BCUT2D eigenvalue weighted by atomic mass is 9.96. The molecule has 1 aromatic heterocycles. The number of likely N-dealkylation sites (tertiary alicyclic amines) is 1. The van der Waals surface area contributed by atoms with Gasteiger partial charge in [0.15, 0.2) is 0 Å². The highest BCUT2D eigenvalue weighted by Gasteiger charge is 2.28. The molecule has 1 atom stereocenters. The van der Waals surface area contributed by atoms with Crippen molar-refractivity contribution >= 4 is 17.8 Å². The van der Waals surface area contributed by atoms with Gasteiger partial charge in [-0.3, -0.25) is 4.79 Å². The maximum atomic E-state index is 12.4. The third-order valence-corrected chi connectivity index (χ3v) is 4.80. The summed E-state index contributed by atoms with van der Waals surface area (Å²) in [7, 11) is 0. The summed E-state index contributed by atoms with van der Waals surface area (Å²) in [5.74, 6) is 0.490. The number of pyridine rings is 1. The summed E-state index contributed by atoms with van der Waals surface area (Å²) in [6.45, 7) is 4.44. The van der Waals surface area contributed by atoms with Gasteiger partial charge in [-0.25, -0.2) is 9.78 Å². The number of hydrogen-bond acceptors (Lipinski definition) is 4. The highest BCUT2D eigenvalue weighted by Crippen LogP contribution is 2.19. The Bertz CT molecular complexity index is 608. The fourth-order valence-corrected chi connectivity index (χ4v) is 3.30. The maximum absolute atomic E-state index is 12.4. The molecular formula is C18H26N4O3. The van der Waals surface area contributed by atoms with Gasteiger partial charge in [0.1, 0.15) is 5.82 Å². The quantitative estimate of drug-likeness (QED) is 0.872. The standard InChI is InChI=1S/C18H26N4O3/c1-13-4-2-6-16(20-13)21-17(23)14-7-9-22(10-8-14)18(24)19-12-15-5-3-11-25-15/h2,4,6,14-15H,3,5,7-12H2,1H3,(H,19,24)(H,20,21,23)/t15-/m1/s1. The average molecular weight is 346 g/mol. The van der Waals surface area contributed by atoms with Gasteiger partial charge in [-0.15, -0.1) is 0 Å². The van der Waals surface area contributed by atoms with Crippen LogP contribution in [0, 0.1) is 12.8 Å². The van der Waals surface area contributed by atoms with Gasteiger partial charge in [-0.05, 0) is 44.7 Å². The minimum Gasteiger partial charge on any atom is -0.376 e. The zero-order valence-corrected chi connectivity index (χ0v) is 14.7. The number of aromatic nitrogens is 1. The number of aryl methyl sites for hydroxylation is 1. The van der Waals surface area contributed by atoms with E-state index in [1.165, 1.54) is 0 Å². The Hall–Kier alpha value is -2.15. The first-order chi connectivity index (χ1) is 12.1. The summed E-state index contributed by atoms with van der Waals surface area (Å²) >= 11 is 0. The van der Waals surface area contributed by atoms with E-state index < -0.39 is 0 Å². The molecule has 0 bridgehead atoms. The van der Waals surface area contributed by atoms with Crippen LogP contribution in [0.5, 0.6) is 0 Å². The van der Waals surface area contributed by atoms with E-state index in [9.17, 15) is 9.59 Å². The van der Waals surface area contributed by atoms with E-state index >= 15 is 0 Å². The Kier molecular flexibility index (Phi) is 5.86. The van der Waals surface area contributed by atoms with Crippen molar-refractivity contribution in [1.82, 2.24) is 15.2 Å². The normalized spacial score (nSPS) is 21.2. The Balaban J connectivity index is 1.41. The van der Waals surface area contributed by atoms with Crippen molar-refractivity contribution in [1.29, 1.82) is 0 Å². The zero-order valence-electron chi connectivity index (χ0n) is 14.7. The van der Waals surface area contributed by atoms with E-state index in [1.54, 1.807) is 11.0 Å². The second-order valence-electron chi connectivity index (χ2n) is 6.74. The fraction of sp³-hybridized carbons (Fsp3) is 0.611. The summed E-state index contributed by atoms with van der Waals surface area (Å²) in [5.41, 5.74) is 0.871. The van der Waals surface area contributed by atoms with Crippen molar-refractivity contribution in [2.24, 2.45) is 5.92 Å². The molecule has 2 aliphatic rings. The van der Waals surface area contributed by atoms with Crippen LogP contribution in [0.1, 0.15) is 31.4 Å². The summed E-state index contributed by atoms with van der Waals surface area (Å²) in [5, 5.41) is 5.81. The van der Waals surface area contributed by atoms with Crippen LogP contribution in [0.15, 0.2) is 18.2 Å². The minimum atomic E-state index is -0.0791. The number of nitrogens with zero attached hydrogens (tertiary/aromatic N) is 2. The Labute approximate surface area is 148 Å². The molecule has 0 aromatic carbocycles. The fourth-order valence-electron chi connectivity index (χ4n) is 3.30. The first-order valence-electron chi connectivity index (χ1n) is 9.01. The van der Waals surface area contributed by atoms with E-state index in [0.717, 1.165) is 25.1 Å². The third kappa shape index (κ3) is 4.92. The van der Waals surface area contributed by atoms with Gasteiger partial charge >= 0.3 is 6.03 Å². The van der Waals surface area contributed by atoms with E-state index in [4.69, 9.17) is 4.74 Å². The lowest BCUT2D eigenvalue weighted by Crippen LogP contribution is -2.47. The number of carbonyl (C=O) groups excluding carboxylic acids is 2. The largest absolute Gasteiger partial charge is 0.376 e. The lowest BCUT2D eigenvalue weighted by Gasteiger charge is -2.31. The number of carbonyl (C=O) groups is 2.